The van der Waals surface area contributed by atoms with E-state index in [0.717, 1.165) is 59.9 Å². The number of hydrogen-bond donors (Lipinski definition) is 4. The molecule has 5 rings (SSSR count). The van der Waals surface area contributed by atoms with Gasteiger partial charge in [-0.3, -0.25) is 4.79 Å². The lowest BCUT2D eigenvalue weighted by Crippen LogP contribution is -2.35. The van der Waals surface area contributed by atoms with Crippen LogP contribution in [0.15, 0.2) is 85.1 Å². The van der Waals surface area contributed by atoms with E-state index in [2.05, 4.69) is 45.1 Å². The minimum atomic E-state index is -0.162. The van der Waals surface area contributed by atoms with E-state index in [1.54, 1.807) is 10.6 Å². The molecule has 4 aromatic rings. The summed E-state index contributed by atoms with van der Waals surface area (Å²) in [7, 11) is 1.85. The van der Waals surface area contributed by atoms with Crippen LogP contribution in [-0.4, -0.2) is 34.8 Å². The fraction of sp³-hybridized carbons (Fsp3) is 0.233. The number of nitrogens with one attached hydrogen (secondary N) is 3. The van der Waals surface area contributed by atoms with Crippen molar-refractivity contribution in [2.24, 2.45) is 7.05 Å². The Morgan fingerprint density at radius 3 is 2.03 bits per heavy atom. The second-order valence-electron chi connectivity index (χ2n) is 9.58. The number of carbonyl (C=O) groups excluding carboxylic acids is 1. The zero-order chi connectivity index (χ0) is 25.8. The minimum absolute atomic E-state index is 0.128. The molecule has 1 aliphatic heterocycles. The molecule has 37 heavy (non-hydrogen) atoms. The molecule has 3 aromatic carbocycles. The standard InChI is InChI=1S/C30H33N5O2/c1-21-20-25(33-30(37)29-4-3-17-34(29)2)11-14-28(21)32-24-7-5-22(6-8-24)31-23-9-12-26(13-10-23)35-18-15-27(36)16-19-35/h3-14,17,20,27,31-32,36H,15-16,18-19H2,1-2H3,(H,33,37). The van der Waals surface area contributed by atoms with E-state index in [-0.39, 0.29) is 12.0 Å². The summed E-state index contributed by atoms with van der Waals surface area (Å²) >= 11 is 0. The largest absolute Gasteiger partial charge is 0.393 e. The molecule has 0 radical (unpaired) electrons. The van der Waals surface area contributed by atoms with Crippen molar-refractivity contribution in [3.05, 3.63) is 96.3 Å². The van der Waals surface area contributed by atoms with E-state index in [4.69, 9.17) is 0 Å². The van der Waals surface area contributed by atoms with E-state index in [9.17, 15) is 9.90 Å². The summed E-state index contributed by atoms with van der Waals surface area (Å²) in [6.07, 6.45) is 3.35. The molecule has 0 atom stereocenters. The predicted octanol–water partition coefficient (Wildman–Crippen LogP) is 6.03. The first-order valence-corrected chi connectivity index (χ1v) is 12.7. The number of aliphatic hydroxyl groups excluding tert-OH is 1. The molecule has 0 saturated carbocycles. The first-order chi connectivity index (χ1) is 17.9. The molecule has 0 unspecified atom stereocenters. The summed E-state index contributed by atoms with van der Waals surface area (Å²) in [6.45, 7) is 3.81. The van der Waals surface area contributed by atoms with Gasteiger partial charge in [0.05, 0.1) is 6.10 Å². The highest BCUT2D eigenvalue weighted by atomic mass is 16.3. The van der Waals surface area contributed by atoms with Gasteiger partial charge < -0.3 is 30.5 Å². The van der Waals surface area contributed by atoms with E-state index >= 15 is 0 Å². The number of carbonyl (C=O) groups is 1. The zero-order valence-electron chi connectivity index (χ0n) is 21.2. The lowest BCUT2D eigenvalue weighted by atomic mass is 10.1. The molecule has 7 nitrogen and oxygen atoms in total. The van der Waals surface area contributed by atoms with Crippen LogP contribution in [-0.2, 0) is 7.05 Å². The highest BCUT2D eigenvalue weighted by molar-refractivity contribution is 6.03. The maximum absolute atomic E-state index is 12.5. The van der Waals surface area contributed by atoms with Crippen molar-refractivity contribution in [3.63, 3.8) is 0 Å². The van der Waals surface area contributed by atoms with Crippen molar-refractivity contribution in [1.29, 1.82) is 0 Å². The lowest BCUT2D eigenvalue weighted by Gasteiger charge is -2.31. The van der Waals surface area contributed by atoms with Gasteiger partial charge in [-0.1, -0.05) is 0 Å². The van der Waals surface area contributed by atoms with E-state index in [0.29, 0.717) is 5.69 Å². The Kier molecular flexibility index (Phi) is 7.14. The van der Waals surface area contributed by atoms with Crippen LogP contribution in [0.25, 0.3) is 0 Å². The minimum Gasteiger partial charge on any atom is -0.393 e. The van der Waals surface area contributed by atoms with Crippen molar-refractivity contribution < 1.29 is 9.90 Å². The summed E-state index contributed by atoms with van der Waals surface area (Å²) < 4.78 is 1.80. The van der Waals surface area contributed by atoms with E-state index < -0.39 is 0 Å². The van der Waals surface area contributed by atoms with Crippen LogP contribution < -0.4 is 20.9 Å². The van der Waals surface area contributed by atoms with Gasteiger partial charge >= 0.3 is 0 Å². The Balaban J connectivity index is 1.17. The number of piperidine rings is 1. The molecule has 1 aromatic heterocycles. The van der Waals surface area contributed by atoms with Gasteiger partial charge in [0, 0.05) is 60.5 Å². The Hall–Kier alpha value is -4.23. The molecule has 4 N–H and O–H groups in total. The first-order valence-electron chi connectivity index (χ1n) is 12.7. The van der Waals surface area contributed by atoms with Gasteiger partial charge in [0.15, 0.2) is 0 Å². The van der Waals surface area contributed by atoms with E-state index in [1.807, 2.05) is 68.7 Å². The van der Waals surface area contributed by atoms with E-state index in [1.165, 1.54) is 5.69 Å². The number of hydrogen-bond acceptors (Lipinski definition) is 5. The highest BCUT2D eigenvalue weighted by Crippen LogP contribution is 2.27. The SMILES string of the molecule is Cc1cc(NC(=O)c2cccn2C)ccc1Nc1ccc(Nc2ccc(N3CCC(O)CC3)cc2)cc1. The Morgan fingerprint density at radius 2 is 1.43 bits per heavy atom. The van der Waals surface area contributed by atoms with Gasteiger partial charge in [-0.2, -0.15) is 0 Å². The number of aliphatic hydroxyl groups is 1. The highest BCUT2D eigenvalue weighted by Gasteiger charge is 2.17. The van der Waals surface area contributed by atoms with Crippen molar-refractivity contribution in [1.82, 2.24) is 4.57 Å². The Bertz CT molecular complexity index is 1350. The Labute approximate surface area is 217 Å². The number of amides is 1. The van der Waals surface area contributed by atoms with Gasteiger partial charge in [0.2, 0.25) is 0 Å². The molecule has 190 valence electrons. The summed E-state index contributed by atoms with van der Waals surface area (Å²) in [4.78, 5) is 14.8. The van der Waals surface area contributed by atoms with Gasteiger partial charge in [-0.15, -0.1) is 0 Å². The zero-order valence-corrected chi connectivity index (χ0v) is 21.2. The smallest absolute Gasteiger partial charge is 0.272 e. The average molecular weight is 496 g/mol. The molecular weight excluding hydrogens is 462 g/mol. The summed E-state index contributed by atoms with van der Waals surface area (Å²) in [5, 5.41) is 19.6. The number of aryl methyl sites for hydroxylation is 2. The molecule has 1 aliphatic rings. The van der Waals surface area contributed by atoms with Crippen molar-refractivity contribution in [3.8, 4) is 0 Å². The second kappa shape index (κ2) is 10.8. The lowest BCUT2D eigenvalue weighted by molar-refractivity contribution is 0.101. The average Bonchev–Trinajstić information content (AvgIpc) is 3.34. The third kappa shape index (κ3) is 5.95. The van der Waals surface area contributed by atoms with Crippen LogP contribution in [0.2, 0.25) is 0 Å². The molecular formula is C30H33N5O2. The third-order valence-electron chi connectivity index (χ3n) is 6.81. The normalized spacial score (nSPS) is 13.9. The molecule has 2 heterocycles. The summed E-state index contributed by atoms with van der Waals surface area (Å²) in [5.74, 6) is -0.128. The predicted molar refractivity (Wildman–Crippen MR) is 151 cm³/mol. The van der Waals surface area contributed by atoms with Crippen molar-refractivity contribution in [2.45, 2.75) is 25.9 Å². The monoisotopic (exact) mass is 495 g/mol. The van der Waals surface area contributed by atoms with Gasteiger partial charge in [0.25, 0.3) is 5.91 Å². The van der Waals surface area contributed by atoms with Crippen LogP contribution >= 0.6 is 0 Å². The molecule has 0 spiro atoms. The van der Waals surface area contributed by atoms with Crippen LogP contribution in [0.1, 0.15) is 28.9 Å². The summed E-state index contributed by atoms with van der Waals surface area (Å²) in [6, 6.07) is 26.1. The van der Waals surface area contributed by atoms with Crippen LogP contribution in [0, 0.1) is 6.92 Å². The van der Waals surface area contributed by atoms with Gasteiger partial charge in [0.1, 0.15) is 5.69 Å². The van der Waals surface area contributed by atoms with Crippen LogP contribution in [0.4, 0.5) is 34.1 Å². The molecule has 0 bridgehead atoms. The first kappa shape index (κ1) is 24.5. The van der Waals surface area contributed by atoms with Crippen molar-refractivity contribution >= 4 is 40.0 Å². The molecule has 1 amide bonds. The quantitative estimate of drug-likeness (QED) is 0.252. The second-order valence-corrected chi connectivity index (χ2v) is 9.58. The number of benzene rings is 3. The fourth-order valence-electron chi connectivity index (χ4n) is 4.61. The maximum atomic E-state index is 12.5. The van der Waals surface area contributed by atoms with Crippen LogP contribution in [0.3, 0.4) is 0 Å². The van der Waals surface area contributed by atoms with Gasteiger partial charge in [-0.05, 0) is 104 Å². The number of aromatic nitrogens is 1. The van der Waals surface area contributed by atoms with Crippen molar-refractivity contribution in [2.75, 3.05) is 33.9 Å². The third-order valence-corrected chi connectivity index (χ3v) is 6.81. The van der Waals surface area contributed by atoms with Crippen LogP contribution in [0.5, 0.6) is 0 Å². The molecule has 1 fully saturated rings. The fourth-order valence-corrected chi connectivity index (χ4v) is 4.61. The summed E-state index contributed by atoms with van der Waals surface area (Å²) in [5.41, 5.74) is 7.62. The number of nitrogens with zero attached hydrogens (tertiary/aromatic N) is 2. The topological polar surface area (TPSA) is 81.6 Å². The number of rotatable bonds is 7. The molecule has 0 aliphatic carbocycles. The molecule has 1 saturated heterocycles. The maximum Gasteiger partial charge on any atom is 0.272 e. The number of anilines is 6. The Morgan fingerprint density at radius 1 is 0.838 bits per heavy atom. The van der Waals surface area contributed by atoms with Gasteiger partial charge in [-0.25, -0.2) is 0 Å². The molecule has 7 heteroatoms.